The lowest BCUT2D eigenvalue weighted by Gasteiger charge is -2.26. The fourth-order valence-electron chi connectivity index (χ4n) is 1.97. The molecule has 2 N–H and O–H groups in total. The van der Waals surface area contributed by atoms with Crippen molar-refractivity contribution < 1.29 is 19.4 Å². The van der Waals surface area contributed by atoms with Crippen LogP contribution in [0.3, 0.4) is 0 Å². The van der Waals surface area contributed by atoms with Crippen molar-refractivity contribution in [2.45, 2.75) is 57.5 Å². The van der Waals surface area contributed by atoms with Gasteiger partial charge in [-0.3, -0.25) is 10.1 Å². The molecule has 112 valence electrons. The highest BCUT2D eigenvalue weighted by atomic mass is 16.5. The van der Waals surface area contributed by atoms with E-state index in [9.17, 15) is 9.90 Å². The lowest BCUT2D eigenvalue weighted by atomic mass is 9.95. The maximum Gasteiger partial charge on any atom is 0.323 e. The summed E-state index contributed by atoms with van der Waals surface area (Å²) in [6.45, 7) is 6.37. The van der Waals surface area contributed by atoms with Gasteiger partial charge in [0.25, 0.3) is 0 Å². The summed E-state index contributed by atoms with van der Waals surface area (Å²) in [4.78, 5) is 11.3. The molecule has 0 radical (unpaired) electrons. The van der Waals surface area contributed by atoms with Gasteiger partial charge in [-0.25, -0.2) is 0 Å². The molecule has 0 heterocycles. The fourth-order valence-corrected chi connectivity index (χ4v) is 1.97. The Hall–Kier alpha value is -0.650. The third-order valence-electron chi connectivity index (χ3n) is 3.36. The second-order valence-corrected chi connectivity index (χ2v) is 5.32. The van der Waals surface area contributed by atoms with Crippen LogP contribution in [0.5, 0.6) is 0 Å². The Morgan fingerprint density at radius 1 is 1.26 bits per heavy atom. The van der Waals surface area contributed by atoms with E-state index in [1.807, 2.05) is 6.92 Å². The number of rotatable bonds is 12. The first kappa shape index (κ1) is 16.4. The van der Waals surface area contributed by atoms with Gasteiger partial charge < -0.3 is 14.6 Å². The summed E-state index contributed by atoms with van der Waals surface area (Å²) in [5.41, 5.74) is -0.785. The first-order valence-corrected chi connectivity index (χ1v) is 7.25. The van der Waals surface area contributed by atoms with E-state index in [1.54, 1.807) is 6.92 Å². The number of nitrogens with one attached hydrogen (secondary N) is 1. The topological polar surface area (TPSA) is 67.8 Å². The molecule has 0 aliphatic heterocycles. The van der Waals surface area contributed by atoms with E-state index in [4.69, 9.17) is 9.47 Å². The van der Waals surface area contributed by atoms with Crippen molar-refractivity contribution in [1.82, 2.24) is 5.32 Å². The number of ether oxygens (including phenoxy) is 2. The summed E-state index contributed by atoms with van der Waals surface area (Å²) in [6.07, 6.45) is 4.60. The highest BCUT2D eigenvalue weighted by Crippen LogP contribution is 2.25. The number of aliphatic carboxylic acids is 1. The Labute approximate surface area is 115 Å². The van der Waals surface area contributed by atoms with Gasteiger partial charge >= 0.3 is 5.97 Å². The van der Waals surface area contributed by atoms with Crippen molar-refractivity contribution >= 4 is 5.97 Å². The van der Waals surface area contributed by atoms with E-state index in [1.165, 1.54) is 0 Å². The number of carbonyl (C=O) groups is 1. The Bertz CT molecular complexity index is 268. The number of unbranched alkanes of at least 4 members (excludes halogenated alkanes) is 1. The molecular weight excluding hydrogens is 246 g/mol. The second kappa shape index (κ2) is 8.51. The number of carboxylic acids is 1. The average Bonchev–Trinajstić information content (AvgIpc) is 3.16. The molecule has 5 heteroatoms. The molecule has 0 bridgehead atoms. The third-order valence-corrected chi connectivity index (χ3v) is 3.36. The molecule has 1 atom stereocenters. The molecule has 5 nitrogen and oxygen atoms in total. The summed E-state index contributed by atoms with van der Waals surface area (Å²) in [7, 11) is 0. The number of hydrogen-bond acceptors (Lipinski definition) is 4. The van der Waals surface area contributed by atoms with E-state index in [0.29, 0.717) is 38.9 Å². The van der Waals surface area contributed by atoms with Gasteiger partial charge in [0.05, 0.1) is 13.2 Å². The molecule has 0 aromatic heterocycles. The van der Waals surface area contributed by atoms with E-state index >= 15 is 0 Å². The van der Waals surface area contributed by atoms with E-state index < -0.39 is 11.5 Å². The fraction of sp³-hybridized carbons (Fsp3) is 0.929. The zero-order chi connectivity index (χ0) is 14.1. The molecule has 1 aliphatic rings. The maximum atomic E-state index is 11.3. The Kier molecular flexibility index (Phi) is 7.34. The number of hydrogen-bond donors (Lipinski definition) is 2. The first-order valence-electron chi connectivity index (χ1n) is 7.25. The average molecular weight is 273 g/mol. The van der Waals surface area contributed by atoms with Crippen molar-refractivity contribution in [1.29, 1.82) is 0 Å². The smallest absolute Gasteiger partial charge is 0.323 e. The van der Waals surface area contributed by atoms with Crippen molar-refractivity contribution in [2.24, 2.45) is 0 Å². The van der Waals surface area contributed by atoms with Crippen LogP contribution in [0.4, 0.5) is 0 Å². The summed E-state index contributed by atoms with van der Waals surface area (Å²) >= 11 is 0. The van der Waals surface area contributed by atoms with Crippen molar-refractivity contribution in [3.05, 3.63) is 0 Å². The third kappa shape index (κ3) is 6.89. The van der Waals surface area contributed by atoms with Crippen LogP contribution in [0.15, 0.2) is 0 Å². The van der Waals surface area contributed by atoms with Crippen LogP contribution in [0.1, 0.15) is 46.0 Å². The summed E-state index contributed by atoms with van der Waals surface area (Å²) in [5.74, 6) is -0.753. The minimum atomic E-state index is -0.785. The molecule has 1 aliphatic carbocycles. The van der Waals surface area contributed by atoms with Gasteiger partial charge in [-0.05, 0) is 46.0 Å². The monoisotopic (exact) mass is 273 g/mol. The molecule has 1 unspecified atom stereocenters. The summed E-state index contributed by atoms with van der Waals surface area (Å²) < 4.78 is 10.6. The lowest BCUT2D eigenvalue weighted by Crippen LogP contribution is -2.50. The standard InChI is InChI=1S/C14H27NO4/c1-3-18-10-11-19-9-5-4-8-14(2,13(16)17)15-12-6-7-12/h12,15H,3-11H2,1-2H3,(H,16,17). The molecule has 0 aromatic rings. The maximum absolute atomic E-state index is 11.3. The van der Waals surface area contributed by atoms with Crippen LogP contribution in [0, 0.1) is 0 Å². The highest BCUT2D eigenvalue weighted by Gasteiger charge is 2.37. The van der Waals surface area contributed by atoms with Gasteiger partial charge in [-0.15, -0.1) is 0 Å². The Morgan fingerprint density at radius 3 is 2.53 bits per heavy atom. The SMILES string of the molecule is CCOCCOCCCCC(C)(NC1CC1)C(=O)O. The number of carboxylic acid groups (broad SMARTS) is 1. The minimum absolute atomic E-state index is 0.406. The summed E-state index contributed by atoms with van der Waals surface area (Å²) in [6, 6.07) is 0.406. The first-order chi connectivity index (χ1) is 9.08. The van der Waals surface area contributed by atoms with E-state index in [-0.39, 0.29) is 0 Å². The largest absolute Gasteiger partial charge is 0.480 e. The van der Waals surface area contributed by atoms with Crippen LogP contribution < -0.4 is 5.32 Å². The molecule has 1 saturated carbocycles. The molecule has 1 rings (SSSR count). The van der Waals surface area contributed by atoms with Gasteiger partial charge in [-0.2, -0.15) is 0 Å². The molecule has 19 heavy (non-hydrogen) atoms. The Morgan fingerprint density at radius 2 is 1.95 bits per heavy atom. The molecule has 1 fully saturated rings. The van der Waals surface area contributed by atoms with Crippen LogP contribution in [0.25, 0.3) is 0 Å². The minimum Gasteiger partial charge on any atom is -0.480 e. The second-order valence-electron chi connectivity index (χ2n) is 5.32. The van der Waals surface area contributed by atoms with E-state index in [2.05, 4.69) is 5.32 Å². The van der Waals surface area contributed by atoms with Gasteiger partial charge in [0.2, 0.25) is 0 Å². The van der Waals surface area contributed by atoms with Crippen molar-refractivity contribution in [3.63, 3.8) is 0 Å². The molecule has 0 spiro atoms. The highest BCUT2D eigenvalue weighted by molar-refractivity contribution is 5.78. The molecule has 0 saturated heterocycles. The molecule has 0 aromatic carbocycles. The van der Waals surface area contributed by atoms with Crippen LogP contribution in [-0.2, 0) is 14.3 Å². The normalized spacial score (nSPS) is 18.2. The van der Waals surface area contributed by atoms with Crippen molar-refractivity contribution in [3.8, 4) is 0 Å². The van der Waals surface area contributed by atoms with Gasteiger partial charge in [0, 0.05) is 19.3 Å². The zero-order valence-corrected chi connectivity index (χ0v) is 12.1. The van der Waals surface area contributed by atoms with Gasteiger partial charge in [-0.1, -0.05) is 0 Å². The van der Waals surface area contributed by atoms with Crippen molar-refractivity contribution in [2.75, 3.05) is 26.4 Å². The lowest BCUT2D eigenvalue weighted by molar-refractivity contribution is -0.144. The van der Waals surface area contributed by atoms with Crippen LogP contribution in [0.2, 0.25) is 0 Å². The zero-order valence-electron chi connectivity index (χ0n) is 12.1. The van der Waals surface area contributed by atoms with Crippen LogP contribution >= 0.6 is 0 Å². The predicted octanol–water partition coefficient (Wildman–Crippen LogP) is 1.81. The quantitative estimate of drug-likeness (QED) is 0.531. The molecular formula is C14H27NO4. The Balaban J connectivity index is 2.06. The van der Waals surface area contributed by atoms with Gasteiger partial charge in [0.1, 0.15) is 5.54 Å². The molecule has 0 amide bonds. The van der Waals surface area contributed by atoms with Crippen LogP contribution in [-0.4, -0.2) is 49.1 Å². The predicted molar refractivity (Wildman–Crippen MR) is 73.4 cm³/mol. The van der Waals surface area contributed by atoms with Gasteiger partial charge in [0.15, 0.2) is 0 Å². The van der Waals surface area contributed by atoms with E-state index in [0.717, 1.165) is 25.7 Å². The summed E-state index contributed by atoms with van der Waals surface area (Å²) in [5, 5.41) is 12.5.